The van der Waals surface area contributed by atoms with E-state index in [2.05, 4.69) is 25.8 Å². The van der Waals surface area contributed by atoms with Gasteiger partial charge in [-0.15, -0.1) is 0 Å². The summed E-state index contributed by atoms with van der Waals surface area (Å²) >= 11 is 0. The van der Waals surface area contributed by atoms with Crippen LogP contribution in [0.3, 0.4) is 0 Å². The van der Waals surface area contributed by atoms with Crippen LogP contribution in [0.1, 0.15) is 25.0 Å². The lowest BCUT2D eigenvalue weighted by Gasteiger charge is -2.24. The van der Waals surface area contributed by atoms with Crippen molar-refractivity contribution in [2.24, 2.45) is 0 Å². The first-order valence-corrected chi connectivity index (χ1v) is 6.58. The molecular formula is C13H17N5. The molecule has 2 fully saturated rings. The van der Waals surface area contributed by atoms with Gasteiger partial charge in [-0.1, -0.05) is 0 Å². The van der Waals surface area contributed by atoms with Gasteiger partial charge in [-0.05, 0) is 32.4 Å². The third-order valence-corrected chi connectivity index (χ3v) is 3.90. The number of hydrogen-bond acceptors (Lipinski definition) is 5. The highest BCUT2D eigenvalue weighted by molar-refractivity contribution is 5.50. The number of hydrogen-bond donors (Lipinski definition) is 0. The summed E-state index contributed by atoms with van der Waals surface area (Å²) in [7, 11) is 0. The Morgan fingerprint density at radius 3 is 2.72 bits per heavy atom. The van der Waals surface area contributed by atoms with E-state index in [0.29, 0.717) is 11.7 Å². The first-order valence-electron chi connectivity index (χ1n) is 6.58. The van der Waals surface area contributed by atoms with Gasteiger partial charge in [-0.2, -0.15) is 5.26 Å². The minimum Gasteiger partial charge on any atom is -0.353 e. The number of rotatable bonds is 2. The maximum atomic E-state index is 9.07. The lowest BCUT2D eigenvalue weighted by atomic mass is 10.2. The largest absolute Gasteiger partial charge is 0.353 e. The standard InChI is InChI=1S/C13H17N5/c14-9-12-13(16-5-4-15-12)18-8-3-11(10-18)17-6-1-2-7-17/h4-5,11H,1-3,6-8,10H2. The quantitative estimate of drug-likeness (QED) is 0.776. The zero-order valence-electron chi connectivity index (χ0n) is 10.4. The van der Waals surface area contributed by atoms with E-state index in [-0.39, 0.29) is 0 Å². The van der Waals surface area contributed by atoms with E-state index in [9.17, 15) is 0 Å². The fourth-order valence-corrected chi connectivity index (χ4v) is 2.98. The predicted octanol–water partition coefficient (Wildman–Crippen LogP) is 1.02. The molecule has 5 nitrogen and oxygen atoms in total. The van der Waals surface area contributed by atoms with Gasteiger partial charge in [0.15, 0.2) is 11.5 Å². The number of aromatic nitrogens is 2. The van der Waals surface area contributed by atoms with Crippen LogP contribution in [-0.4, -0.2) is 47.1 Å². The lowest BCUT2D eigenvalue weighted by molar-refractivity contribution is 0.260. The zero-order valence-corrected chi connectivity index (χ0v) is 10.4. The predicted molar refractivity (Wildman–Crippen MR) is 68.2 cm³/mol. The Balaban J connectivity index is 1.73. The summed E-state index contributed by atoms with van der Waals surface area (Å²) in [5.74, 6) is 0.752. The molecule has 1 unspecified atom stereocenters. The summed E-state index contributed by atoms with van der Waals surface area (Å²) in [6.45, 7) is 4.41. The molecule has 0 bridgehead atoms. The van der Waals surface area contributed by atoms with E-state index in [1.54, 1.807) is 12.4 Å². The molecule has 3 heterocycles. The SMILES string of the molecule is N#Cc1nccnc1N1CCC(N2CCCC2)C1. The summed E-state index contributed by atoms with van der Waals surface area (Å²) in [6.07, 6.45) is 7.06. The average Bonchev–Trinajstić information content (AvgIpc) is 3.09. The van der Waals surface area contributed by atoms with Crippen LogP contribution >= 0.6 is 0 Å². The van der Waals surface area contributed by atoms with Crippen LogP contribution in [0.25, 0.3) is 0 Å². The highest BCUT2D eigenvalue weighted by Gasteiger charge is 2.30. The summed E-state index contributed by atoms with van der Waals surface area (Å²) in [5.41, 5.74) is 0.444. The van der Waals surface area contributed by atoms with E-state index in [1.807, 2.05) is 0 Å². The van der Waals surface area contributed by atoms with E-state index >= 15 is 0 Å². The van der Waals surface area contributed by atoms with Crippen molar-refractivity contribution in [3.8, 4) is 6.07 Å². The maximum Gasteiger partial charge on any atom is 0.183 e. The van der Waals surface area contributed by atoms with Crippen molar-refractivity contribution in [3.05, 3.63) is 18.1 Å². The number of nitriles is 1. The van der Waals surface area contributed by atoms with Crippen molar-refractivity contribution in [1.82, 2.24) is 14.9 Å². The normalized spacial score (nSPS) is 24.4. The van der Waals surface area contributed by atoms with Gasteiger partial charge < -0.3 is 4.90 Å². The van der Waals surface area contributed by atoms with Gasteiger partial charge in [-0.25, -0.2) is 9.97 Å². The van der Waals surface area contributed by atoms with Crippen LogP contribution in [0.5, 0.6) is 0 Å². The van der Waals surface area contributed by atoms with Crippen LogP contribution in [0.15, 0.2) is 12.4 Å². The highest BCUT2D eigenvalue weighted by atomic mass is 15.3. The molecule has 0 amide bonds. The molecule has 94 valence electrons. The lowest BCUT2D eigenvalue weighted by Crippen LogP contribution is -2.35. The van der Waals surface area contributed by atoms with Gasteiger partial charge in [0, 0.05) is 31.5 Å². The monoisotopic (exact) mass is 243 g/mol. The summed E-state index contributed by atoms with van der Waals surface area (Å²) < 4.78 is 0. The second kappa shape index (κ2) is 4.91. The van der Waals surface area contributed by atoms with E-state index in [0.717, 1.165) is 18.9 Å². The molecule has 1 atom stereocenters. The average molecular weight is 243 g/mol. The van der Waals surface area contributed by atoms with E-state index < -0.39 is 0 Å². The molecule has 3 rings (SSSR count). The molecule has 0 radical (unpaired) electrons. The third kappa shape index (κ3) is 2.04. The Morgan fingerprint density at radius 1 is 1.17 bits per heavy atom. The molecule has 2 aliphatic rings. The molecule has 18 heavy (non-hydrogen) atoms. The van der Waals surface area contributed by atoms with Crippen molar-refractivity contribution in [3.63, 3.8) is 0 Å². The molecule has 0 aromatic carbocycles. The highest BCUT2D eigenvalue weighted by Crippen LogP contribution is 2.25. The van der Waals surface area contributed by atoms with E-state index in [4.69, 9.17) is 5.26 Å². The molecule has 0 spiro atoms. The molecular weight excluding hydrogens is 226 g/mol. The smallest absolute Gasteiger partial charge is 0.183 e. The number of anilines is 1. The minimum atomic E-state index is 0.444. The minimum absolute atomic E-state index is 0.444. The van der Waals surface area contributed by atoms with Crippen molar-refractivity contribution in [2.75, 3.05) is 31.1 Å². The third-order valence-electron chi connectivity index (χ3n) is 3.90. The number of likely N-dealkylation sites (tertiary alicyclic amines) is 1. The second-order valence-electron chi connectivity index (χ2n) is 4.97. The van der Waals surface area contributed by atoms with Gasteiger partial charge in [0.25, 0.3) is 0 Å². The summed E-state index contributed by atoms with van der Waals surface area (Å²) in [4.78, 5) is 13.2. The van der Waals surface area contributed by atoms with Crippen LogP contribution in [-0.2, 0) is 0 Å². The molecule has 5 heteroatoms. The van der Waals surface area contributed by atoms with Gasteiger partial charge in [0.2, 0.25) is 0 Å². The van der Waals surface area contributed by atoms with Crippen molar-refractivity contribution >= 4 is 5.82 Å². The van der Waals surface area contributed by atoms with Crippen LogP contribution < -0.4 is 4.90 Å². The van der Waals surface area contributed by atoms with Crippen molar-refractivity contribution < 1.29 is 0 Å². The molecule has 0 N–H and O–H groups in total. The Bertz CT molecular complexity index is 461. The Kier molecular flexibility index (Phi) is 3.11. The van der Waals surface area contributed by atoms with E-state index in [1.165, 1.54) is 32.4 Å². The fraction of sp³-hybridized carbons (Fsp3) is 0.615. The topological polar surface area (TPSA) is 56.1 Å². The Hall–Kier alpha value is -1.67. The van der Waals surface area contributed by atoms with Crippen LogP contribution in [0.4, 0.5) is 5.82 Å². The van der Waals surface area contributed by atoms with Crippen molar-refractivity contribution in [1.29, 1.82) is 5.26 Å². The van der Waals surface area contributed by atoms with Gasteiger partial charge in [-0.3, -0.25) is 4.90 Å². The zero-order chi connectivity index (χ0) is 12.4. The Morgan fingerprint density at radius 2 is 1.94 bits per heavy atom. The molecule has 0 saturated carbocycles. The van der Waals surface area contributed by atoms with Gasteiger partial charge in [0.05, 0.1) is 0 Å². The van der Waals surface area contributed by atoms with Gasteiger partial charge in [0.1, 0.15) is 6.07 Å². The van der Waals surface area contributed by atoms with Crippen molar-refractivity contribution in [2.45, 2.75) is 25.3 Å². The molecule has 1 aromatic rings. The maximum absolute atomic E-state index is 9.07. The molecule has 2 aliphatic heterocycles. The number of nitrogens with zero attached hydrogens (tertiary/aromatic N) is 5. The summed E-state index contributed by atoms with van der Waals surface area (Å²) in [6, 6.07) is 2.75. The van der Waals surface area contributed by atoms with Gasteiger partial charge >= 0.3 is 0 Å². The molecule has 1 aromatic heterocycles. The first kappa shape index (κ1) is 11.4. The first-order chi connectivity index (χ1) is 8.88. The van der Waals surface area contributed by atoms with Crippen LogP contribution in [0.2, 0.25) is 0 Å². The fourth-order valence-electron chi connectivity index (χ4n) is 2.98. The summed E-state index contributed by atoms with van der Waals surface area (Å²) in [5, 5.41) is 9.07. The van der Waals surface area contributed by atoms with Crippen LogP contribution in [0, 0.1) is 11.3 Å². The molecule has 0 aliphatic carbocycles. The second-order valence-corrected chi connectivity index (χ2v) is 4.97. The molecule has 2 saturated heterocycles. The Labute approximate surface area is 107 Å².